The number of nitrogens with one attached hydrogen (secondary N) is 1. The minimum absolute atomic E-state index is 0.224. The molecule has 0 aromatic carbocycles. The zero-order valence-corrected chi connectivity index (χ0v) is 11.7. The lowest BCUT2D eigenvalue weighted by atomic mass is 10.1. The largest absolute Gasteiger partial charge is 0.308 e. The highest BCUT2D eigenvalue weighted by atomic mass is 32.2. The van der Waals surface area contributed by atoms with Crippen LogP contribution < -0.4 is 5.32 Å². The van der Waals surface area contributed by atoms with Crippen LogP contribution in [0.5, 0.6) is 0 Å². The number of hydrogen-bond acceptors (Lipinski definition) is 5. The Hall–Kier alpha value is -0.130. The number of aromatic nitrogens is 2. The molecule has 0 bridgehead atoms. The van der Waals surface area contributed by atoms with Crippen LogP contribution in [-0.2, 0) is 4.75 Å². The van der Waals surface area contributed by atoms with E-state index < -0.39 is 0 Å². The van der Waals surface area contributed by atoms with Gasteiger partial charge in [0.05, 0.1) is 10.8 Å². The molecule has 1 fully saturated rings. The van der Waals surface area contributed by atoms with E-state index in [4.69, 9.17) is 0 Å². The van der Waals surface area contributed by atoms with Crippen LogP contribution in [0.1, 0.15) is 49.7 Å². The monoisotopic (exact) mass is 257 g/mol. The van der Waals surface area contributed by atoms with Crippen LogP contribution >= 0.6 is 23.1 Å². The fourth-order valence-corrected chi connectivity index (χ4v) is 4.40. The van der Waals surface area contributed by atoms with E-state index in [9.17, 15) is 0 Å². The van der Waals surface area contributed by atoms with E-state index in [1.165, 1.54) is 23.6 Å². The maximum atomic E-state index is 4.38. The Morgan fingerprint density at radius 3 is 2.94 bits per heavy atom. The van der Waals surface area contributed by atoms with Crippen LogP contribution in [-0.4, -0.2) is 22.5 Å². The maximum Gasteiger partial charge on any atom is 0.134 e. The van der Waals surface area contributed by atoms with Crippen LogP contribution in [0, 0.1) is 0 Å². The molecule has 1 aromatic rings. The second-order valence-corrected chi connectivity index (χ2v) is 7.01. The third-order valence-corrected chi connectivity index (χ3v) is 6.02. The Kier molecular flexibility index (Phi) is 3.87. The highest BCUT2D eigenvalue weighted by molar-refractivity contribution is 8.00. The molecule has 1 saturated heterocycles. The first kappa shape index (κ1) is 12.3. The van der Waals surface area contributed by atoms with Gasteiger partial charge >= 0.3 is 0 Å². The topological polar surface area (TPSA) is 37.8 Å². The predicted molar refractivity (Wildman–Crippen MR) is 71.0 cm³/mol. The van der Waals surface area contributed by atoms with Crippen molar-refractivity contribution >= 4 is 23.1 Å². The molecule has 2 unspecified atom stereocenters. The molecule has 0 radical (unpaired) electrons. The van der Waals surface area contributed by atoms with Gasteiger partial charge in [-0.25, -0.2) is 0 Å². The molecule has 16 heavy (non-hydrogen) atoms. The highest BCUT2D eigenvalue weighted by Crippen LogP contribution is 2.47. The van der Waals surface area contributed by atoms with E-state index >= 15 is 0 Å². The van der Waals surface area contributed by atoms with Crippen LogP contribution in [0.25, 0.3) is 0 Å². The first-order valence-corrected chi connectivity index (χ1v) is 7.67. The molecule has 1 N–H and O–H groups in total. The average Bonchev–Trinajstić information content (AvgIpc) is 2.86. The van der Waals surface area contributed by atoms with Gasteiger partial charge in [0.15, 0.2) is 0 Å². The Morgan fingerprint density at radius 1 is 1.50 bits per heavy atom. The highest BCUT2D eigenvalue weighted by Gasteiger charge is 2.35. The van der Waals surface area contributed by atoms with Crippen LogP contribution in [0.2, 0.25) is 0 Å². The third kappa shape index (κ3) is 2.41. The van der Waals surface area contributed by atoms with Gasteiger partial charge in [-0.3, -0.25) is 0 Å². The molecule has 5 heteroatoms. The predicted octanol–water partition coefficient (Wildman–Crippen LogP) is 2.95. The van der Waals surface area contributed by atoms with E-state index in [1.54, 1.807) is 11.3 Å². The molecule has 90 valence electrons. The van der Waals surface area contributed by atoms with Crippen LogP contribution in [0.15, 0.2) is 0 Å². The van der Waals surface area contributed by atoms with E-state index in [0.29, 0.717) is 6.04 Å². The summed E-state index contributed by atoms with van der Waals surface area (Å²) in [5, 5.41) is 14.4. The van der Waals surface area contributed by atoms with Crippen molar-refractivity contribution in [1.82, 2.24) is 15.5 Å². The average molecular weight is 257 g/mol. The van der Waals surface area contributed by atoms with E-state index in [1.807, 2.05) is 11.8 Å². The normalized spacial score (nSPS) is 27.2. The summed E-state index contributed by atoms with van der Waals surface area (Å²) in [7, 11) is 0. The van der Waals surface area contributed by atoms with E-state index in [0.717, 1.165) is 11.6 Å². The lowest BCUT2D eigenvalue weighted by molar-refractivity contribution is 0.587. The van der Waals surface area contributed by atoms with Gasteiger partial charge in [0.25, 0.3) is 0 Å². The smallest absolute Gasteiger partial charge is 0.134 e. The molecule has 0 amide bonds. The molecule has 2 rings (SSSR count). The lowest BCUT2D eigenvalue weighted by Gasteiger charge is -2.18. The molecule has 0 saturated carbocycles. The van der Waals surface area contributed by atoms with Crippen molar-refractivity contribution < 1.29 is 0 Å². The zero-order chi connectivity index (χ0) is 11.6. The van der Waals surface area contributed by atoms with E-state index in [2.05, 4.69) is 36.3 Å². The molecule has 3 nitrogen and oxygen atoms in total. The lowest BCUT2D eigenvalue weighted by Crippen LogP contribution is -2.17. The minimum Gasteiger partial charge on any atom is -0.308 e. The molecule has 1 aliphatic rings. The van der Waals surface area contributed by atoms with Gasteiger partial charge in [-0.05, 0) is 39.0 Å². The van der Waals surface area contributed by atoms with Crippen molar-refractivity contribution in [3.8, 4) is 0 Å². The molecular formula is C11H19N3S2. The van der Waals surface area contributed by atoms with Crippen LogP contribution in [0.4, 0.5) is 0 Å². The second-order valence-electron chi connectivity index (χ2n) is 4.41. The molecule has 2 atom stereocenters. The fraction of sp³-hybridized carbons (Fsp3) is 0.818. The van der Waals surface area contributed by atoms with Gasteiger partial charge in [0.1, 0.15) is 10.0 Å². The van der Waals surface area contributed by atoms with Gasteiger partial charge < -0.3 is 5.32 Å². The van der Waals surface area contributed by atoms with Gasteiger partial charge in [0.2, 0.25) is 0 Å². The molecule has 2 heterocycles. The third-order valence-electron chi connectivity index (χ3n) is 2.99. The van der Waals surface area contributed by atoms with Gasteiger partial charge in [-0.1, -0.05) is 18.3 Å². The van der Waals surface area contributed by atoms with Crippen molar-refractivity contribution in [1.29, 1.82) is 0 Å². The zero-order valence-electron chi connectivity index (χ0n) is 10.1. The minimum atomic E-state index is 0.224. The van der Waals surface area contributed by atoms with Crippen molar-refractivity contribution in [2.24, 2.45) is 0 Å². The molecule has 0 aliphatic carbocycles. The first-order valence-electron chi connectivity index (χ1n) is 5.87. The summed E-state index contributed by atoms with van der Waals surface area (Å²) >= 11 is 3.80. The summed E-state index contributed by atoms with van der Waals surface area (Å²) in [6, 6.07) is 0.325. The number of nitrogens with zero attached hydrogens (tertiary/aromatic N) is 2. The van der Waals surface area contributed by atoms with E-state index in [-0.39, 0.29) is 4.75 Å². The Morgan fingerprint density at radius 2 is 2.31 bits per heavy atom. The first-order chi connectivity index (χ1) is 7.65. The van der Waals surface area contributed by atoms with Crippen molar-refractivity contribution in [2.75, 3.05) is 12.3 Å². The summed E-state index contributed by atoms with van der Waals surface area (Å²) in [6.45, 7) is 7.54. The summed E-state index contributed by atoms with van der Waals surface area (Å²) < 4.78 is 0.224. The summed E-state index contributed by atoms with van der Waals surface area (Å²) in [6.07, 6.45) is 2.54. The van der Waals surface area contributed by atoms with Gasteiger partial charge in [-0.15, -0.1) is 22.0 Å². The quantitative estimate of drug-likeness (QED) is 0.900. The summed E-state index contributed by atoms with van der Waals surface area (Å²) in [5.41, 5.74) is 0. The Bertz CT molecular complexity index is 345. The number of thioether (sulfide) groups is 1. The maximum absolute atomic E-state index is 4.38. The standard InChI is InChI=1S/C11H19N3S2/c1-4-12-8(2)9-13-14-10(16-9)11(3)6-5-7-15-11/h8,12H,4-7H2,1-3H3. The summed E-state index contributed by atoms with van der Waals surface area (Å²) in [5.74, 6) is 1.26. The van der Waals surface area contributed by atoms with Gasteiger partial charge in [0, 0.05) is 0 Å². The molecule has 1 aliphatic heterocycles. The molecule has 0 spiro atoms. The number of hydrogen-bond donors (Lipinski definition) is 1. The molecular weight excluding hydrogens is 238 g/mol. The van der Waals surface area contributed by atoms with Crippen molar-refractivity contribution in [3.63, 3.8) is 0 Å². The van der Waals surface area contributed by atoms with Crippen LogP contribution in [0.3, 0.4) is 0 Å². The number of rotatable bonds is 4. The SMILES string of the molecule is CCNC(C)c1nnc(C2(C)CCCS2)s1. The second kappa shape index (κ2) is 5.02. The van der Waals surface area contributed by atoms with Crippen molar-refractivity contribution in [2.45, 2.75) is 44.4 Å². The van der Waals surface area contributed by atoms with Gasteiger partial charge in [-0.2, -0.15) is 0 Å². The fourth-order valence-electron chi connectivity index (χ4n) is 1.96. The molecule has 1 aromatic heterocycles. The summed E-state index contributed by atoms with van der Waals surface area (Å²) in [4.78, 5) is 0. The van der Waals surface area contributed by atoms with Crippen molar-refractivity contribution in [3.05, 3.63) is 10.0 Å². The Balaban J connectivity index is 2.12. The Labute approximate surface area is 105 Å².